The first-order chi connectivity index (χ1) is 13.6. The number of amides is 2. The number of rotatable bonds is 6. The third kappa shape index (κ3) is 4.67. The van der Waals surface area contributed by atoms with Crippen molar-refractivity contribution in [3.63, 3.8) is 0 Å². The molecular formula is C22H22N4O2. The lowest BCUT2D eigenvalue weighted by Crippen LogP contribution is -2.14. The quantitative estimate of drug-likeness (QED) is 0.519. The van der Waals surface area contributed by atoms with E-state index in [0.29, 0.717) is 22.5 Å². The van der Waals surface area contributed by atoms with Crippen molar-refractivity contribution in [2.24, 2.45) is 0 Å². The largest absolute Gasteiger partial charge is 0.388 e. The summed E-state index contributed by atoms with van der Waals surface area (Å²) in [6.45, 7) is 0. The van der Waals surface area contributed by atoms with E-state index in [-0.39, 0.29) is 11.8 Å². The summed E-state index contributed by atoms with van der Waals surface area (Å²) in [7, 11) is 3.67. The highest BCUT2D eigenvalue weighted by atomic mass is 16.2. The topological polar surface area (TPSA) is 82.3 Å². The monoisotopic (exact) mass is 374 g/mol. The summed E-state index contributed by atoms with van der Waals surface area (Å²) >= 11 is 0. The van der Waals surface area contributed by atoms with Crippen LogP contribution in [0, 0.1) is 0 Å². The standard InChI is InChI=1S/C22H22N4O2/c1-23-17-7-11-19(12-8-17)25-21(27)15-3-5-16(6-4-15)22(28)26-20-13-9-18(24-2)10-14-20/h3-14,23-24H,1-2H3,(H,25,27)(H,26,28). The van der Waals surface area contributed by atoms with Crippen molar-refractivity contribution in [1.82, 2.24) is 0 Å². The van der Waals surface area contributed by atoms with Crippen LogP contribution in [0.5, 0.6) is 0 Å². The van der Waals surface area contributed by atoms with Gasteiger partial charge in [0.1, 0.15) is 0 Å². The summed E-state index contributed by atoms with van der Waals surface area (Å²) in [6.07, 6.45) is 0. The number of nitrogens with one attached hydrogen (secondary N) is 4. The summed E-state index contributed by atoms with van der Waals surface area (Å²) in [5.74, 6) is -0.460. The van der Waals surface area contributed by atoms with Gasteiger partial charge in [-0.25, -0.2) is 0 Å². The zero-order valence-electron chi connectivity index (χ0n) is 15.7. The lowest BCUT2D eigenvalue weighted by Gasteiger charge is -2.08. The zero-order chi connectivity index (χ0) is 19.9. The number of carbonyl (C=O) groups excluding carboxylic acids is 2. The minimum Gasteiger partial charge on any atom is -0.388 e. The Morgan fingerprint density at radius 2 is 0.786 bits per heavy atom. The molecule has 3 rings (SSSR count). The Bertz CT molecular complexity index is 869. The molecule has 4 N–H and O–H groups in total. The van der Waals surface area contributed by atoms with Gasteiger partial charge in [0.25, 0.3) is 11.8 Å². The van der Waals surface area contributed by atoms with Gasteiger partial charge in [0.05, 0.1) is 0 Å². The maximum atomic E-state index is 12.4. The molecular weight excluding hydrogens is 352 g/mol. The Labute approximate surface area is 164 Å². The van der Waals surface area contributed by atoms with Gasteiger partial charge in [-0.3, -0.25) is 9.59 Å². The smallest absolute Gasteiger partial charge is 0.255 e. The number of carbonyl (C=O) groups is 2. The van der Waals surface area contributed by atoms with Crippen LogP contribution in [0.4, 0.5) is 22.7 Å². The Hall–Kier alpha value is -3.80. The molecule has 0 heterocycles. The fourth-order valence-corrected chi connectivity index (χ4v) is 2.62. The molecule has 0 spiro atoms. The molecule has 3 aromatic rings. The van der Waals surface area contributed by atoms with Crippen molar-refractivity contribution in [1.29, 1.82) is 0 Å². The second-order valence-corrected chi connectivity index (χ2v) is 6.14. The van der Waals surface area contributed by atoms with Crippen LogP contribution in [-0.4, -0.2) is 25.9 Å². The van der Waals surface area contributed by atoms with Crippen LogP contribution < -0.4 is 21.3 Å². The highest BCUT2D eigenvalue weighted by molar-refractivity contribution is 6.07. The first-order valence-corrected chi connectivity index (χ1v) is 8.87. The third-order valence-electron chi connectivity index (χ3n) is 4.27. The molecule has 2 amide bonds. The van der Waals surface area contributed by atoms with Gasteiger partial charge in [-0.15, -0.1) is 0 Å². The van der Waals surface area contributed by atoms with E-state index >= 15 is 0 Å². The number of hydrogen-bond acceptors (Lipinski definition) is 4. The van der Waals surface area contributed by atoms with Crippen molar-refractivity contribution in [2.75, 3.05) is 35.4 Å². The molecule has 28 heavy (non-hydrogen) atoms. The van der Waals surface area contributed by atoms with Crippen molar-refractivity contribution in [2.45, 2.75) is 0 Å². The van der Waals surface area contributed by atoms with E-state index in [9.17, 15) is 9.59 Å². The van der Waals surface area contributed by atoms with Crippen LogP contribution in [0.15, 0.2) is 72.8 Å². The molecule has 0 bridgehead atoms. The summed E-state index contributed by atoms with van der Waals surface area (Å²) < 4.78 is 0. The molecule has 0 fully saturated rings. The molecule has 142 valence electrons. The van der Waals surface area contributed by atoms with Gasteiger partial charge < -0.3 is 21.3 Å². The normalized spacial score (nSPS) is 10.1. The van der Waals surface area contributed by atoms with Crippen molar-refractivity contribution >= 4 is 34.6 Å². The van der Waals surface area contributed by atoms with Gasteiger partial charge >= 0.3 is 0 Å². The predicted octanol–water partition coefficient (Wildman–Crippen LogP) is 4.27. The van der Waals surface area contributed by atoms with Crippen LogP contribution in [-0.2, 0) is 0 Å². The SMILES string of the molecule is CNc1ccc(NC(=O)c2ccc(C(=O)Nc3ccc(NC)cc3)cc2)cc1. The van der Waals surface area contributed by atoms with Crippen LogP contribution in [0.1, 0.15) is 20.7 Å². The maximum Gasteiger partial charge on any atom is 0.255 e. The van der Waals surface area contributed by atoms with Gasteiger partial charge in [-0.1, -0.05) is 0 Å². The molecule has 0 saturated heterocycles. The van der Waals surface area contributed by atoms with Crippen LogP contribution in [0.25, 0.3) is 0 Å². The highest BCUT2D eigenvalue weighted by Crippen LogP contribution is 2.16. The molecule has 0 aromatic heterocycles. The van der Waals surface area contributed by atoms with Gasteiger partial charge in [0.15, 0.2) is 0 Å². The van der Waals surface area contributed by atoms with E-state index in [0.717, 1.165) is 11.4 Å². The van der Waals surface area contributed by atoms with Gasteiger partial charge in [-0.2, -0.15) is 0 Å². The van der Waals surface area contributed by atoms with E-state index in [1.165, 1.54) is 0 Å². The highest BCUT2D eigenvalue weighted by Gasteiger charge is 2.10. The molecule has 6 heteroatoms. The van der Waals surface area contributed by atoms with Crippen molar-refractivity contribution in [3.8, 4) is 0 Å². The zero-order valence-corrected chi connectivity index (χ0v) is 15.7. The lowest BCUT2D eigenvalue weighted by atomic mass is 10.1. The van der Waals surface area contributed by atoms with Gasteiger partial charge in [0, 0.05) is 48.0 Å². The van der Waals surface area contributed by atoms with Crippen molar-refractivity contribution in [3.05, 3.63) is 83.9 Å². The second-order valence-electron chi connectivity index (χ2n) is 6.14. The minimum atomic E-state index is -0.230. The Balaban J connectivity index is 1.62. The van der Waals surface area contributed by atoms with Gasteiger partial charge in [-0.05, 0) is 72.8 Å². The minimum absolute atomic E-state index is 0.230. The summed E-state index contributed by atoms with van der Waals surface area (Å²) in [5, 5.41) is 11.7. The molecule has 6 nitrogen and oxygen atoms in total. The summed E-state index contributed by atoms with van der Waals surface area (Å²) in [6, 6.07) is 21.4. The molecule has 0 saturated carbocycles. The first-order valence-electron chi connectivity index (χ1n) is 8.87. The predicted molar refractivity (Wildman–Crippen MR) is 114 cm³/mol. The maximum absolute atomic E-state index is 12.4. The molecule has 3 aromatic carbocycles. The molecule has 0 unspecified atom stereocenters. The summed E-state index contributed by atoms with van der Waals surface area (Å²) in [5.41, 5.74) is 4.30. The lowest BCUT2D eigenvalue weighted by molar-refractivity contribution is 0.101. The number of benzene rings is 3. The molecule has 0 radical (unpaired) electrons. The van der Waals surface area contributed by atoms with Gasteiger partial charge in [0.2, 0.25) is 0 Å². The van der Waals surface area contributed by atoms with Crippen LogP contribution in [0.2, 0.25) is 0 Å². The van der Waals surface area contributed by atoms with E-state index < -0.39 is 0 Å². The fraction of sp³-hybridized carbons (Fsp3) is 0.0909. The Morgan fingerprint density at radius 3 is 1.07 bits per heavy atom. The van der Waals surface area contributed by atoms with E-state index in [4.69, 9.17) is 0 Å². The van der Waals surface area contributed by atoms with Crippen LogP contribution in [0.3, 0.4) is 0 Å². The average molecular weight is 374 g/mol. The van der Waals surface area contributed by atoms with Crippen LogP contribution >= 0.6 is 0 Å². The van der Waals surface area contributed by atoms with Crippen molar-refractivity contribution < 1.29 is 9.59 Å². The Morgan fingerprint density at radius 1 is 0.500 bits per heavy atom. The third-order valence-corrected chi connectivity index (χ3v) is 4.27. The average Bonchev–Trinajstić information content (AvgIpc) is 2.75. The molecule has 0 aliphatic rings. The molecule has 0 atom stereocenters. The number of anilines is 4. The molecule has 0 aliphatic heterocycles. The summed E-state index contributed by atoms with van der Waals surface area (Å²) in [4.78, 5) is 24.7. The Kier molecular flexibility index (Phi) is 5.91. The van der Waals surface area contributed by atoms with E-state index in [2.05, 4.69) is 21.3 Å². The fourth-order valence-electron chi connectivity index (χ4n) is 2.62. The van der Waals surface area contributed by atoms with E-state index in [1.807, 2.05) is 62.6 Å². The second kappa shape index (κ2) is 8.73. The number of hydrogen-bond donors (Lipinski definition) is 4. The first kappa shape index (κ1) is 19.0. The molecule has 0 aliphatic carbocycles. The van der Waals surface area contributed by atoms with E-state index in [1.54, 1.807) is 24.3 Å².